The zero-order valence-electron chi connectivity index (χ0n) is 37.8. The largest absolute Gasteiger partial charge is 0.480 e. The standard InChI is InChI=1S/C45H82N4O8/c1-13-15-16-17-18-19-20-21-22-23-24-46-39(52)27-36(45(56)57)47-43(54)34(29(5)6)25-37(50)41(32(11)12)49-44(55)35(30(7)8)26-38(51)40(31(9)10)48-42(53)33(14-2)28(3)4/h28-36,40-41H,13-27H2,1-12H3,(H,46,52)(H,47,54)(H,48,53)(H,49,55)(H,56,57)/t33-,34-,35-,36-,40-,41-/m0/s1. The average molecular weight is 807 g/mol. The summed E-state index contributed by atoms with van der Waals surface area (Å²) in [5.41, 5.74) is 0. The fourth-order valence-electron chi connectivity index (χ4n) is 7.24. The minimum absolute atomic E-state index is 0.105. The predicted molar refractivity (Wildman–Crippen MR) is 227 cm³/mol. The number of hydrogen-bond acceptors (Lipinski definition) is 7. The van der Waals surface area contributed by atoms with Crippen LogP contribution in [0.25, 0.3) is 0 Å². The number of nitrogens with one attached hydrogen (secondary N) is 4. The van der Waals surface area contributed by atoms with Crippen LogP contribution in [-0.2, 0) is 33.6 Å². The van der Waals surface area contributed by atoms with Crippen molar-refractivity contribution in [3.63, 3.8) is 0 Å². The first-order valence-electron chi connectivity index (χ1n) is 22.2. The Labute approximate surface area is 345 Å². The lowest BCUT2D eigenvalue weighted by Gasteiger charge is -2.30. The van der Waals surface area contributed by atoms with Crippen molar-refractivity contribution in [3.05, 3.63) is 0 Å². The van der Waals surface area contributed by atoms with E-state index >= 15 is 0 Å². The summed E-state index contributed by atoms with van der Waals surface area (Å²) in [6.45, 7) is 22.9. The lowest BCUT2D eigenvalue weighted by molar-refractivity contribution is -0.144. The molecule has 0 aliphatic rings. The summed E-state index contributed by atoms with van der Waals surface area (Å²) in [5, 5.41) is 20.9. The zero-order chi connectivity index (χ0) is 43.8. The van der Waals surface area contributed by atoms with Gasteiger partial charge in [0.25, 0.3) is 0 Å². The number of carbonyl (C=O) groups is 7. The molecule has 6 atom stereocenters. The second kappa shape index (κ2) is 29.0. The van der Waals surface area contributed by atoms with E-state index in [1.165, 1.54) is 38.5 Å². The molecule has 4 amide bonds. The van der Waals surface area contributed by atoms with Gasteiger partial charge in [-0.3, -0.25) is 28.8 Å². The Bertz CT molecular complexity index is 1250. The van der Waals surface area contributed by atoms with E-state index < -0.39 is 65.9 Å². The summed E-state index contributed by atoms with van der Waals surface area (Å²) in [6, 6.07) is -3.20. The van der Waals surface area contributed by atoms with Crippen molar-refractivity contribution in [1.29, 1.82) is 0 Å². The van der Waals surface area contributed by atoms with Crippen molar-refractivity contribution >= 4 is 41.2 Å². The van der Waals surface area contributed by atoms with Crippen molar-refractivity contribution in [2.45, 2.75) is 191 Å². The number of carbonyl (C=O) groups excluding carboxylic acids is 6. The maximum Gasteiger partial charge on any atom is 0.326 e. The number of Topliss-reactive ketones (excluding diaryl/α,β-unsaturated/α-hetero) is 2. The maximum atomic E-state index is 13.8. The second-order valence-electron chi connectivity index (χ2n) is 17.9. The highest BCUT2D eigenvalue weighted by molar-refractivity contribution is 5.96. The normalized spacial score (nSPS) is 14.9. The van der Waals surface area contributed by atoms with Gasteiger partial charge in [-0.2, -0.15) is 0 Å². The summed E-state index contributed by atoms with van der Waals surface area (Å²) < 4.78 is 0. The van der Waals surface area contributed by atoms with E-state index in [9.17, 15) is 38.7 Å². The van der Waals surface area contributed by atoms with Crippen molar-refractivity contribution in [2.75, 3.05) is 6.54 Å². The monoisotopic (exact) mass is 807 g/mol. The molecule has 12 nitrogen and oxygen atoms in total. The second-order valence-corrected chi connectivity index (χ2v) is 17.9. The zero-order valence-corrected chi connectivity index (χ0v) is 37.8. The lowest BCUT2D eigenvalue weighted by atomic mass is 9.83. The first kappa shape index (κ1) is 53.7. The van der Waals surface area contributed by atoms with Gasteiger partial charge in [0.2, 0.25) is 23.6 Å². The van der Waals surface area contributed by atoms with Crippen LogP contribution in [0.2, 0.25) is 0 Å². The number of ketones is 2. The van der Waals surface area contributed by atoms with Crippen molar-refractivity contribution in [3.8, 4) is 0 Å². The van der Waals surface area contributed by atoms with Crippen LogP contribution in [0, 0.1) is 47.3 Å². The smallest absolute Gasteiger partial charge is 0.326 e. The highest BCUT2D eigenvalue weighted by atomic mass is 16.4. The Morgan fingerprint density at radius 3 is 1.18 bits per heavy atom. The summed E-state index contributed by atoms with van der Waals surface area (Å²) in [6.07, 6.45) is 11.4. The molecule has 0 rings (SSSR count). The fraction of sp³-hybridized carbons (Fsp3) is 0.844. The van der Waals surface area contributed by atoms with Gasteiger partial charge in [-0.25, -0.2) is 4.79 Å². The molecule has 0 aliphatic carbocycles. The van der Waals surface area contributed by atoms with Crippen LogP contribution in [-0.4, -0.2) is 70.9 Å². The highest BCUT2D eigenvalue weighted by Gasteiger charge is 2.37. The van der Waals surface area contributed by atoms with Crippen LogP contribution in [0.3, 0.4) is 0 Å². The molecule has 0 aromatic rings. The van der Waals surface area contributed by atoms with Gasteiger partial charge >= 0.3 is 5.97 Å². The molecule has 0 bridgehead atoms. The third-order valence-electron chi connectivity index (χ3n) is 11.2. The molecule has 0 saturated heterocycles. The first-order chi connectivity index (χ1) is 26.7. The van der Waals surface area contributed by atoms with Crippen LogP contribution in [0.5, 0.6) is 0 Å². The molecule has 0 aromatic heterocycles. The van der Waals surface area contributed by atoms with Gasteiger partial charge in [0.15, 0.2) is 11.6 Å². The van der Waals surface area contributed by atoms with Crippen LogP contribution >= 0.6 is 0 Å². The predicted octanol–water partition coefficient (Wildman–Crippen LogP) is 7.41. The number of aliphatic carboxylic acids is 1. The minimum Gasteiger partial charge on any atom is -0.480 e. The van der Waals surface area contributed by atoms with Crippen molar-refractivity contribution < 1.29 is 38.7 Å². The van der Waals surface area contributed by atoms with Crippen LogP contribution in [0.15, 0.2) is 0 Å². The third kappa shape index (κ3) is 21.3. The quantitative estimate of drug-likeness (QED) is 0.0435. The van der Waals surface area contributed by atoms with Gasteiger partial charge in [-0.1, -0.05) is 141 Å². The van der Waals surface area contributed by atoms with E-state index in [-0.39, 0.29) is 60.0 Å². The fourth-order valence-corrected chi connectivity index (χ4v) is 7.24. The molecule has 0 radical (unpaired) electrons. The summed E-state index contributed by atoms with van der Waals surface area (Å²) >= 11 is 0. The SMILES string of the molecule is CCCCCCCCCCCCNC(=O)C[C@H](NC(=O)[C@@H](CC(=O)[C@@H](NC(=O)[C@@H](CC(=O)[C@@H](NC(=O)[C@@H](CC)C(C)C)C(C)C)C(C)C)C(C)C)C(C)C)C(=O)O. The topological polar surface area (TPSA) is 188 Å². The molecule has 0 aliphatic heterocycles. The number of hydrogen-bond donors (Lipinski definition) is 5. The molecule has 0 saturated carbocycles. The Kier molecular flexibility index (Phi) is 27.3. The number of amides is 4. The molecule has 0 aromatic carbocycles. The number of carboxylic acid groups (broad SMARTS) is 1. The molecule has 0 unspecified atom stereocenters. The molecular weight excluding hydrogens is 725 g/mol. The maximum absolute atomic E-state index is 13.8. The van der Waals surface area contributed by atoms with Crippen molar-refractivity contribution in [1.82, 2.24) is 21.3 Å². The Hall–Kier alpha value is -3.31. The van der Waals surface area contributed by atoms with E-state index in [2.05, 4.69) is 28.2 Å². The van der Waals surface area contributed by atoms with Gasteiger partial charge in [0, 0.05) is 37.1 Å². The molecular formula is C45H82N4O8. The number of carboxylic acids is 1. The number of unbranched alkanes of at least 4 members (excludes halogenated alkanes) is 9. The molecule has 0 spiro atoms. The highest BCUT2D eigenvalue weighted by Crippen LogP contribution is 2.23. The van der Waals surface area contributed by atoms with Gasteiger partial charge in [0.05, 0.1) is 18.5 Å². The van der Waals surface area contributed by atoms with E-state index in [0.717, 1.165) is 25.7 Å². The van der Waals surface area contributed by atoms with Gasteiger partial charge in [-0.15, -0.1) is 0 Å². The Morgan fingerprint density at radius 1 is 0.456 bits per heavy atom. The van der Waals surface area contributed by atoms with E-state index in [4.69, 9.17) is 0 Å². The van der Waals surface area contributed by atoms with Gasteiger partial charge in [0.1, 0.15) is 6.04 Å². The van der Waals surface area contributed by atoms with E-state index in [1.807, 2.05) is 48.5 Å². The van der Waals surface area contributed by atoms with Crippen LogP contribution in [0.4, 0.5) is 0 Å². The summed E-state index contributed by atoms with van der Waals surface area (Å²) in [5.74, 6) is -6.76. The number of rotatable bonds is 32. The minimum atomic E-state index is -1.47. The van der Waals surface area contributed by atoms with Crippen LogP contribution in [0.1, 0.15) is 173 Å². The van der Waals surface area contributed by atoms with E-state index in [1.54, 1.807) is 27.7 Å². The third-order valence-corrected chi connectivity index (χ3v) is 11.2. The lowest BCUT2D eigenvalue weighted by Crippen LogP contribution is -2.51. The molecule has 0 fully saturated rings. The molecule has 12 heteroatoms. The van der Waals surface area contributed by atoms with Crippen molar-refractivity contribution in [2.24, 2.45) is 47.3 Å². The molecule has 330 valence electrons. The average Bonchev–Trinajstić information content (AvgIpc) is 3.11. The molecule has 0 heterocycles. The van der Waals surface area contributed by atoms with Gasteiger partial charge in [-0.05, 0) is 42.4 Å². The summed E-state index contributed by atoms with van der Waals surface area (Å²) in [4.78, 5) is 92.5. The Morgan fingerprint density at radius 2 is 0.825 bits per heavy atom. The Balaban J connectivity index is 5.50. The molecule has 57 heavy (non-hydrogen) atoms. The molecule has 5 N–H and O–H groups in total. The summed E-state index contributed by atoms with van der Waals surface area (Å²) in [7, 11) is 0. The van der Waals surface area contributed by atoms with Crippen LogP contribution < -0.4 is 21.3 Å². The first-order valence-corrected chi connectivity index (χ1v) is 22.2. The van der Waals surface area contributed by atoms with Gasteiger partial charge < -0.3 is 26.4 Å². The van der Waals surface area contributed by atoms with E-state index in [0.29, 0.717) is 13.0 Å².